The Morgan fingerprint density at radius 3 is 1.45 bits per heavy atom. The van der Waals surface area contributed by atoms with Gasteiger partial charge in [-0.15, -0.1) is 0 Å². The Bertz CT molecular complexity index is 557. The summed E-state index contributed by atoms with van der Waals surface area (Å²) in [6.07, 6.45) is 0. The highest BCUT2D eigenvalue weighted by molar-refractivity contribution is 7.41. The van der Waals surface area contributed by atoms with Crippen molar-refractivity contribution in [2.75, 3.05) is 0 Å². The fourth-order valence-electron chi connectivity index (χ4n) is 1.74. The largest absolute Gasteiger partial charge is 0.460 e. The lowest BCUT2D eigenvalue weighted by Crippen LogP contribution is -1.96. The fourth-order valence-corrected chi connectivity index (χ4v) is 2.37. The molecule has 0 saturated heterocycles. The van der Waals surface area contributed by atoms with E-state index in [-0.39, 0.29) is 0 Å². The summed E-state index contributed by atoms with van der Waals surface area (Å²) in [5.41, 5.74) is 4.62. The van der Waals surface area contributed by atoms with Gasteiger partial charge in [-0.3, -0.25) is 0 Å². The normalized spacial score (nSPS) is 10.7. The molecule has 0 aromatic heterocycles. The van der Waals surface area contributed by atoms with Gasteiger partial charge in [0.2, 0.25) is 0 Å². The molecule has 2 aromatic carbocycles. The molecular weight excluding hydrogens is 271 g/mol. The van der Waals surface area contributed by atoms with Gasteiger partial charge in [0, 0.05) is 0 Å². The molecule has 0 aliphatic rings. The van der Waals surface area contributed by atoms with Crippen LogP contribution in [0.15, 0.2) is 36.4 Å². The minimum absolute atomic E-state index is 0.616. The van der Waals surface area contributed by atoms with Gasteiger partial charge in [-0.05, 0) is 74.2 Å². The van der Waals surface area contributed by atoms with Gasteiger partial charge in [0.25, 0.3) is 0 Å². The lowest BCUT2D eigenvalue weighted by molar-refractivity contribution is 0.381. The Morgan fingerprint density at radius 1 is 0.700 bits per heavy atom. The summed E-state index contributed by atoms with van der Waals surface area (Å²) in [4.78, 5) is 9.90. The quantitative estimate of drug-likeness (QED) is 0.836. The molecule has 2 rings (SSSR count). The summed E-state index contributed by atoms with van der Waals surface area (Å²) in [5.74, 6) is 1.23. The maximum absolute atomic E-state index is 9.90. The average molecular weight is 290 g/mol. The summed E-state index contributed by atoms with van der Waals surface area (Å²) in [6, 6.07) is 11.4. The van der Waals surface area contributed by atoms with E-state index in [0.29, 0.717) is 11.5 Å². The highest BCUT2D eigenvalue weighted by Crippen LogP contribution is 2.37. The lowest BCUT2D eigenvalue weighted by atomic mass is 10.1. The topological polar surface area (TPSA) is 38.7 Å². The van der Waals surface area contributed by atoms with Crippen LogP contribution in [0, 0.1) is 27.7 Å². The van der Waals surface area contributed by atoms with Gasteiger partial charge < -0.3 is 13.9 Å². The van der Waals surface area contributed by atoms with Gasteiger partial charge in [-0.1, -0.05) is 12.1 Å². The zero-order valence-electron chi connectivity index (χ0n) is 12.2. The van der Waals surface area contributed by atoms with Crippen molar-refractivity contribution in [2.24, 2.45) is 0 Å². The van der Waals surface area contributed by atoms with Gasteiger partial charge in [0.1, 0.15) is 11.5 Å². The molecule has 0 fully saturated rings. The predicted molar refractivity (Wildman–Crippen MR) is 82.2 cm³/mol. The van der Waals surface area contributed by atoms with Crippen molar-refractivity contribution in [3.63, 3.8) is 0 Å². The van der Waals surface area contributed by atoms with Crippen LogP contribution >= 0.6 is 8.60 Å². The Balaban J connectivity index is 2.02. The SMILES string of the molecule is Cc1ccc(OP(O)Oc2ccc(C)c(C)c2)cc1C. The summed E-state index contributed by atoms with van der Waals surface area (Å²) < 4.78 is 10.8. The van der Waals surface area contributed by atoms with Gasteiger partial charge in [0.05, 0.1) is 0 Å². The van der Waals surface area contributed by atoms with E-state index >= 15 is 0 Å². The Kier molecular flexibility index (Phi) is 4.64. The molecule has 0 saturated carbocycles. The van der Waals surface area contributed by atoms with Crippen molar-refractivity contribution in [2.45, 2.75) is 27.7 Å². The Labute approximate surface area is 121 Å². The predicted octanol–water partition coefficient (Wildman–Crippen LogP) is 4.60. The smallest absolute Gasteiger partial charge is 0.418 e. The number of hydrogen-bond acceptors (Lipinski definition) is 3. The van der Waals surface area contributed by atoms with Crippen molar-refractivity contribution < 1.29 is 13.9 Å². The van der Waals surface area contributed by atoms with Crippen molar-refractivity contribution >= 4 is 8.60 Å². The highest BCUT2D eigenvalue weighted by Gasteiger charge is 2.12. The molecule has 3 nitrogen and oxygen atoms in total. The van der Waals surface area contributed by atoms with E-state index in [0.717, 1.165) is 11.1 Å². The fraction of sp³-hybridized carbons (Fsp3) is 0.250. The summed E-state index contributed by atoms with van der Waals surface area (Å²) in [5, 5.41) is 0. The number of rotatable bonds is 4. The molecule has 0 radical (unpaired) electrons. The van der Waals surface area contributed by atoms with Crippen molar-refractivity contribution in [1.29, 1.82) is 0 Å². The van der Waals surface area contributed by atoms with Crippen LogP contribution in [-0.4, -0.2) is 4.89 Å². The van der Waals surface area contributed by atoms with Crippen molar-refractivity contribution in [3.8, 4) is 11.5 Å². The zero-order valence-corrected chi connectivity index (χ0v) is 13.1. The van der Waals surface area contributed by atoms with Crippen molar-refractivity contribution in [3.05, 3.63) is 58.7 Å². The Hall–Kier alpha value is -1.57. The van der Waals surface area contributed by atoms with E-state index in [1.165, 1.54) is 11.1 Å². The summed E-state index contributed by atoms with van der Waals surface area (Å²) in [7, 11) is -1.98. The molecule has 0 bridgehead atoms. The van der Waals surface area contributed by atoms with Crippen LogP contribution < -0.4 is 9.05 Å². The van der Waals surface area contributed by atoms with Gasteiger partial charge >= 0.3 is 8.60 Å². The monoisotopic (exact) mass is 290 g/mol. The molecular formula is C16H19O3P. The third-order valence-electron chi connectivity index (χ3n) is 3.32. The second-order valence-corrected chi connectivity index (χ2v) is 5.75. The maximum Gasteiger partial charge on any atom is 0.460 e. The van der Waals surface area contributed by atoms with Crippen LogP contribution in [-0.2, 0) is 0 Å². The molecule has 20 heavy (non-hydrogen) atoms. The third kappa shape index (κ3) is 3.72. The van der Waals surface area contributed by atoms with Gasteiger partial charge in [0.15, 0.2) is 0 Å². The molecule has 0 atom stereocenters. The molecule has 2 aromatic rings. The summed E-state index contributed by atoms with van der Waals surface area (Å²) in [6.45, 7) is 8.08. The second-order valence-electron chi connectivity index (χ2n) is 4.91. The van der Waals surface area contributed by atoms with E-state index in [9.17, 15) is 4.89 Å². The zero-order chi connectivity index (χ0) is 14.7. The number of hydrogen-bond donors (Lipinski definition) is 1. The molecule has 0 amide bonds. The van der Waals surface area contributed by atoms with E-state index in [4.69, 9.17) is 9.05 Å². The van der Waals surface area contributed by atoms with Gasteiger partial charge in [-0.2, -0.15) is 0 Å². The summed E-state index contributed by atoms with van der Waals surface area (Å²) >= 11 is 0. The van der Waals surface area contributed by atoms with Crippen LogP contribution in [0.3, 0.4) is 0 Å². The maximum atomic E-state index is 9.90. The third-order valence-corrected chi connectivity index (χ3v) is 4.06. The first-order valence-electron chi connectivity index (χ1n) is 6.45. The first-order chi connectivity index (χ1) is 9.45. The molecule has 0 aliphatic heterocycles. The lowest BCUT2D eigenvalue weighted by Gasteiger charge is -2.14. The average Bonchev–Trinajstić information content (AvgIpc) is 2.38. The van der Waals surface area contributed by atoms with E-state index in [1.807, 2.05) is 64.1 Å². The van der Waals surface area contributed by atoms with Crippen LogP contribution in [0.25, 0.3) is 0 Å². The van der Waals surface area contributed by atoms with E-state index < -0.39 is 8.60 Å². The first-order valence-corrected chi connectivity index (χ1v) is 7.58. The standard InChI is InChI=1S/C16H19O3P/c1-11-5-7-15(9-13(11)3)18-20(17)19-16-8-6-12(2)14(4)10-16/h5-10,17H,1-4H3. The molecule has 0 aliphatic carbocycles. The van der Waals surface area contributed by atoms with Crippen molar-refractivity contribution in [1.82, 2.24) is 0 Å². The van der Waals surface area contributed by atoms with Crippen LogP contribution in [0.5, 0.6) is 11.5 Å². The number of aryl methyl sites for hydroxylation is 4. The minimum atomic E-state index is -1.98. The Morgan fingerprint density at radius 2 is 1.10 bits per heavy atom. The van der Waals surface area contributed by atoms with Crippen LogP contribution in [0.4, 0.5) is 0 Å². The molecule has 0 unspecified atom stereocenters. The number of benzene rings is 2. The molecule has 4 heteroatoms. The molecule has 0 spiro atoms. The second kappa shape index (κ2) is 6.25. The molecule has 106 valence electrons. The first kappa shape index (κ1) is 14.8. The molecule has 1 N–H and O–H groups in total. The minimum Gasteiger partial charge on any atom is -0.418 e. The van der Waals surface area contributed by atoms with Gasteiger partial charge in [-0.25, -0.2) is 0 Å². The van der Waals surface area contributed by atoms with Crippen LogP contribution in [0.1, 0.15) is 22.3 Å². The van der Waals surface area contributed by atoms with E-state index in [2.05, 4.69) is 0 Å². The van der Waals surface area contributed by atoms with E-state index in [1.54, 1.807) is 0 Å². The highest BCUT2D eigenvalue weighted by atomic mass is 31.2. The van der Waals surface area contributed by atoms with Crippen LogP contribution in [0.2, 0.25) is 0 Å². The molecule has 0 heterocycles.